The fraction of sp³-hybridized carbons (Fsp3) is 0.222. The molecule has 12 heavy (non-hydrogen) atoms. The molecule has 0 spiro atoms. The maximum Gasteiger partial charge on any atom is 0.0535 e. The first-order valence-corrected chi connectivity index (χ1v) is 4.99. The van der Waals surface area contributed by atoms with Crippen molar-refractivity contribution in [1.29, 1.82) is 0 Å². The van der Waals surface area contributed by atoms with Crippen LogP contribution in [0.1, 0.15) is 12.5 Å². The number of aliphatic hydroxyl groups is 1. The van der Waals surface area contributed by atoms with Crippen molar-refractivity contribution in [1.82, 2.24) is 0 Å². The van der Waals surface area contributed by atoms with E-state index >= 15 is 0 Å². The summed E-state index contributed by atoms with van der Waals surface area (Å²) in [6.45, 7) is 1.98. The highest BCUT2D eigenvalue weighted by atomic mass is 127. The van der Waals surface area contributed by atoms with E-state index in [0.29, 0.717) is 5.02 Å². The molecular weight excluding hydrogens is 286 g/mol. The van der Waals surface area contributed by atoms with E-state index in [1.807, 2.05) is 25.1 Å². The van der Waals surface area contributed by atoms with Crippen LogP contribution in [-0.2, 0) is 0 Å². The summed E-state index contributed by atoms with van der Waals surface area (Å²) in [5.74, 6) is 0.946. The van der Waals surface area contributed by atoms with Gasteiger partial charge in [-0.15, -0.1) is 0 Å². The van der Waals surface area contributed by atoms with Crippen molar-refractivity contribution in [3.05, 3.63) is 38.3 Å². The van der Waals surface area contributed by atoms with Gasteiger partial charge >= 0.3 is 0 Å². The molecule has 65 valence electrons. The number of hydrogen-bond acceptors (Lipinski definition) is 1. The molecule has 1 N–H and O–H groups in total. The molecule has 0 atom stereocenters. The lowest BCUT2D eigenvalue weighted by Crippen LogP contribution is -2.02. The molecular formula is C9H9ClIO. The zero-order valence-corrected chi connectivity index (χ0v) is 9.56. The molecule has 1 aromatic rings. The minimum absolute atomic E-state index is 0.0797. The molecule has 0 aliphatic heterocycles. The number of hydrogen-bond donors (Lipinski definition) is 1. The maximum absolute atomic E-state index is 8.92. The summed E-state index contributed by atoms with van der Waals surface area (Å²) >= 11 is 8.04. The van der Waals surface area contributed by atoms with Gasteiger partial charge in [0.25, 0.3) is 0 Å². The average molecular weight is 296 g/mol. The van der Waals surface area contributed by atoms with E-state index in [1.54, 1.807) is 0 Å². The molecule has 1 nitrogen and oxygen atoms in total. The number of halogens is 2. The molecule has 3 heteroatoms. The summed E-state index contributed by atoms with van der Waals surface area (Å²) in [7, 11) is 0. The summed E-state index contributed by atoms with van der Waals surface area (Å²) in [5.41, 5.74) is 1.03. The molecule has 0 saturated carbocycles. The minimum Gasteiger partial charge on any atom is -0.395 e. The summed E-state index contributed by atoms with van der Waals surface area (Å²) in [6.07, 6.45) is 0. The topological polar surface area (TPSA) is 20.2 Å². The van der Waals surface area contributed by atoms with E-state index in [1.165, 1.54) is 0 Å². The highest BCUT2D eigenvalue weighted by Crippen LogP contribution is 2.23. The van der Waals surface area contributed by atoms with Crippen molar-refractivity contribution in [2.45, 2.75) is 6.92 Å². The molecule has 0 aliphatic rings. The molecule has 1 rings (SSSR count). The molecule has 0 fully saturated rings. The molecule has 0 bridgehead atoms. The smallest absolute Gasteiger partial charge is 0.0535 e. The van der Waals surface area contributed by atoms with E-state index in [9.17, 15) is 0 Å². The first-order valence-electron chi connectivity index (χ1n) is 3.54. The standard InChI is InChI=1S/C9H9ClIO/c1-6(5-12)8-4-7(10)2-3-9(8)11/h2-4,12H,5H2,1H3. The van der Waals surface area contributed by atoms with Crippen molar-refractivity contribution in [2.24, 2.45) is 0 Å². The normalized spacial score (nSPS) is 10.8. The Bertz CT molecular complexity index is 275. The fourth-order valence-electron chi connectivity index (χ4n) is 0.910. The van der Waals surface area contributed by atoms with Crippen molar-refractivity contribution >= 4 is 34.2 Å². The van der Waals surface area contributed by atoms with Crippen LogP contribution in [0.15, 0.2) is 18.2 Å². The zero-order chi connectivity index (χ0) is 9.14. The third kappa shape index (κ3) is 2.34. The Hall–Kier alpha value is 0.200. The average Bonchev–Trinajstić information content (AvgIpc) is 2.08. The third-order valence-corrected chi connectivity index (χ3v) is 2.80. The van der Waals surface area contributed by atoms with Crippen LogP contribution in [0.2, 0.25) is 5.02 Å². The van der Waals surface area contributed by atoms with Crippen LogP contribution in [-0.4, -0.2) is 11.7 Å². The van der Waals surface area contributed by atoms with Gasteiger partial charge in [-0.25, -0.2) is 0 Å². The van der Waals surface area contributed by atoms with Gasteiger partial charge in [-0.3, -0.25) is 0 Å². The van der Waals surface area contributed by atoms with Crippen LogP contribution in [0.3, 0.4) is 0 Å². The second kappa shape index (κ2) is 4.44. The first-order chi connectivity index (χ1) is 5.65. The van der Waals surface area contributed by atoms with Crippen LogP contribution in [0.25, 0.3) is 0 Å². The van der Waals surface area contributed by atoms with Gasteiger partial charge in [-0.1, -0.05) is 18.5 Å². The molecule has 0 heterocycles. The van der Waals surface area contributed by atoms with E-state index in [2.05, 4.69) is 22.6 Å². The summed E-state index contributed by atoms with van der Waals surface area (Å²) in [4.78, 5) is 0. The van der Waals surface area contributed by atoms with Gasteiger partial charge in [0.15, 0.2) is 0 Å². The number of aliphatic hydroxyl groups excluding tert-OH is 1. The van der Waals surface area contributed by atoms with Crippen molar-refractivity contribution in [2.75, 3.05) is 6.61 Å². The molecule has 0 unspecified atom stereocenters. The monoisotopic (exact) mass is 295 g/mol. The lowest BCUT2D eigenvalue weighted by Gasteiger charge is -2.09. The lowest BCUT2D eigenvalue weighted by molar-refractivity contribution is 0.315. The molecule has 0 saturated heterocycles. The van der Waals surface area contributed by atoms with Gasteiger partial charge in [-0.2, -0.15) is 0 Å². The molecule has 0 aliphatic carbocycles. The molecule has 1 radical (unpaired) electrons. The highest BCUT2D eigenvalue weighted by molar-refractivity contribution is 14.1. The second-order valence-corrected chi connectivity index (χ2v) is 4.16. The van der Waals surface area contributed by atoms with Crippen LogP contribution >= 0.6 is 34.2 Å². The second-order valence-electron chi connectivity index (χ2n) is 2.56. The van der Waals surface area contributed by atoms with E-state index in [4.69, 9.17) is 16.7 Å². The Balaban J connectivity index is 3.04. The van der Waals surface area contributed by atoms with Crippen LogP contribution in [0.4, 0.5) is 0 Å². The van der Waals surface area contributed by atoms with Gasteiger partial charge in [0.05, 0.1) is 6.61 Å². The SMILES string of the molecule is C[C](CO)c1cc(Cl)ccc1I. The van der Waals surface area contributed by atoms with Crippen LogP contribution < -0.4 is 0 Å². The molecule has 0 aromatic heterocycles. The van der Waals surface area contributed by atoms with Crippen LogP contribution in [0.5, 0.6) is 0 Å². The van der Waals surface area contributed by atoms with Gasteiger partial charge in [0, 0.05) is 14.5 Å². The molecule has 0 amide bonds. The predicted molar refractivity (Wildman–Crippen MR) is 59.3 cm³/mol. The Morgan fingerprint density at radius 1 is 1.58 bits per heavy atom. The van der Waals surface area contributed by atoms with Crippen molar-refractivity contribution < 1.29 is 5.11 Å². The minimum atomic E-state index is 0.0797. The largest absolute Gasteiger partial charge is 0.395 e. The Morgan fingerprint density at radius 3 is 2.83 bits per heavy atom. The van der Waals surface area contributed by atoms with Crippen LogP contribution in [0, 0.1) is 9.49 Å². The van der Waals surface area contributed by atoms with Gasteiger partial charge in [0.2, 0.25) is 0 Å². The zero-order valence-electron chi connectivity index (χ0n) is 6.64. The van der Waals surface area contributed by atoms with E-state index in [0.717, 1.165) is 15.1 Å². The van der Waals surface area contributed by atoms with Gasteiger partial charge in [0.1, 0.15) is 0 Å². The predicted octanol–water partition coefficient (Wildman–Crippen LogP) is 2.88. The number of benzene rings is 1. The number of rotatable bonds is 2. The highest BCUT2D eigenvalue weighted by Gasteiger charge is 2.08. The Labute approximate surface area is 90.9 Å². The first kappa shape index (κ1) is 10.3. The Morgan fingerprint density at radius 2 is 2.25 bits per heavy atom. The Kier molecular flexibility index (Phi) is 3.80. The maximum atomic E-state index is 8.92. The third-order valence-electron chi connectivity index (χ3n) is 1.63. The van der Waals surface area contributed by atoms with Crippen molar-refractivity contribution in [3.63, 3.8) is 0 Å². The summed E-state index contributed by atoms with van der Waals surface area (Å²) in [6, 6.07) is 5.66. The summed E-state index contributed by atoms with van der Waals surface area (Å²) in [5, 5.41) is 9.63. The van der Waals surface area contributed by atoms with E-state index in [-0.39, 0.29) is 6.61 Å². The molecule has 1 aromatic carbocycles. The van der Waals surface area contributed by atoms with Gasteiger partial charge in [-0.05, 0) is 46.4 Å². The summed E-state index contributed by atoms with van der Waals surface area (Å²) < 4.78 is 1.11. The lowest BCUT2D eigenvalue weighted by atomic mass is 10.0. The fourth-order valence-corrected chi connectivity index (χ4v) is 1.88. The van der Waals surface area contributed by atoms with E-state index < -0.39 is 0 Å². The van der Waals surface area contributed by atoms with Crippen molar-refractivity contribution in [3.8, 4) is 0 Å². The van der Waals surface area contributed by atoms with Gasteiger partial charge < -0.3 is 5.11 Å². The quantitative estimate of drug-likeness (QED) is 0.832.